The molecule has 1 rings (SSSR count). The van der Waals surface area contributed by atoms with Gasteiger partial charge in [-0.15, -0.1) is 0 Å². The minimum atomic E-state index is -0.978. The van der Waals surface area contributed by atoms with Crippen molar-refractivity contribution >= 4 is 0 Å². The zero-order chi connectivity index (χ0) is 19.0. The maximum atomic E-state index is 9.80. The number of ether oxygens (including phenoxy) is 2. The minimum Gasteiger partial charge on any atom is -0.394 e. The highest BCUT2D eigenvalue weighted by molar-refractivity contribution is 4.88. The van der Waals surface area contributed by atoms with E-state index in [0.29, 0.717) is 6.61 Å². The van der Waals surface area contributed by atoms with Gasteiger partial charge in [0.05, 0.1) is 13.2 Å². The normalized spacial score (nSPS) is 24.5. The maximum Gasteiger partial charge on any atom is 0.114 e. The van der Waals surface area contributed by atoms with Gasteiger partial charge in [-0.2, -0.15) is 0 Å². The van der Waals surface area contributed by atoms with Gasteiger partial charge in [-0.25, -0.2) is 0 Å². The van der Waals surface area contributed by atoms with Gasteiger partial charge in [0.1, 0.15) is 24.4 Å². The van der Waals surface area contributed by atoms with Crippen molar-refractivity contribution in [2.45, 2.75) is 102 Å². The molecule has 0 radical (unpaired) electrons. The Hall–Kier alpha value is -0.460. The third-order valence-electron chi connectivity index (χ3n) is 4.96. The molecule has 1 saturated heterocycles. The zero-order valence-electron chi connectivity index (χ0n) is 16.5. The molecule has 0 saturated carbocycles. The van der Waals surface area contributed by atoms with Crippen molar-refractivity contribution in [3.63, 3.8) is 0 Å². The SMILES string of the molecule is CCC/C=C/CCCCCCCCCCO[C@@H](CO)[C@@H]1OC[C@@H](O)[C@@H]1O. The quantitative estimate of drug-likeness (QED) is 0.286. The second kappa shape index (κ2) is 15.6. The molecular weight excluding hydrogens is 332 g/mol. The van der Waals surface area contributed by atoms with E-state index in [2.05, 4.69) is 19.1 Å². The van der Waals surface area contributed by atoms with E-state index in [1.54, 1.807) is 0 Å². The molecule has 1 fully saturated rings. The average Bonchev–Trinajstić information content (AvgIpc) is 2.98. The molecule has 1 aliphatic rings. The Morgan fingerprint density at radius 1 is 0.962 bits per heavy atom. The van der Waals surface area contributed by atoms with Crippen LogP contribution < -0.4 is 0 Å². The van der Waals surface area contributed by atoms with Gasteiger partial charge in [-0.05, 0) is 25.7 Å². The van der Waals surface area contributed by atoms with Crippen molar-refractivity contribution in [1.82, 2.24) is 0 Å². The molecule has 3 N–H and O–H groups in total. The topological polar surface area (TPSA) is 79.2 Å². The summed E-state index contributed by atoms with van der Waals surface area (Å²) in [6.07, 6.45) is 15.0. The molecule has 1 heterocycles. The van der Waals surface area contributed by atoms with Gasteiger partial charge in [0, 0.05) is 6.61 Å². The Bertz CT molecular complexity index is 347. The molecule has 0 aromatic heterocycles. The van der Waals surface area contributed by atoms with Crippen LogP contribution in [0.4, 0.5) is 0 Å². The lowest BCUT2D eigenvalue weighted by Gasteiger charge is -2.24. The van der Waals surface area contributed by atoms with E-state index in [1.165, 1.54) is 57.8 Å². The second-order valence-electron chi connectivity index (χ2n) is 7.32. The van der Waals surface area contributed by atoms with Gasteiger partial charge in [-0.3, -0.25) is 0 Å². The summed E-state index contributed by atoms with van der Waals surface area (Å²) in [6.45, 7) is 2.65. The Kier molecular flexibility index (Phi) is 14.1. The third kappa shape index (κ3) is 10.0. The molecule has 5 heteroatoms. The molecule has 5 nitrogen and oxygen atoms in total. The summed E-state index contributed by atoms with van der Waals surface area (Å²) < 4.78 is 11.0. The molecule has 4 atom stereocenters. The fourth-order valence-corrected chi connectivity index (χ4v) is 3.27. The molecule has 154 valence electrons. The predicted octanol–water partition coefficient (Wildman–Crippen LogP) is 3.35. The number of allylic oxidation sites excluding steroid dienone is 2. The van der Waals surface area contributed by atoms with Crippen LogP contribution in [0.3, 0.4) is 0 Å². The van der Waals surface area contributed by atoms with Gasteiger partial charge in [-0.1, -0.05) is 64.0 Å². The lowest BCUT2D eigenvalue weighted by atomic mass is 10.1. The van der Waals surface area contributed by atoms with Gasteiger partial charge < -0.3 is 24.8 Å². The van der Waals surface area contributed by atoms with E-state index < -0.39 is 24.4 Å². The first-order chi connectivity index (χ1) is 12.7. The fourth-order valence-electron chi connectivity index (χ4n) is 3.27. The first kappa shape index (κ1) is 23.6. The van der Waals surface area contributed by atoms with Crippen LogP contribution in [0.25, 0.3) is 0 Å². The highest BCUT2D eigenvalue weighted by Gasteiger charge is 2.40. The van der Waals surface area contributed by atoms with Crippen molar-refractivity contribution in [3.8, 4) is 0 Å². The predicted molar refractivity (Wildman–Crippen MR) is 104 cm³/mol. The average molecular weight is 373 g/mol. The monoisotopic (exact) mass is 372 g/mol. The van der Waals surface area contributed by atoms with Crippen molar-refractivity contribution in [2.75, 3.05) is 19.8 Å². The smallest absolute Gasteiger partial charge is 0.114 e. The lowest BCUT2D eigenvalue weighted by molar-refractivity contribution is -0.101. The summed E-state index contributed by atoms with van der Waals surface area (Å²) in [6, 6.07) is 0. The van der Waals surface area contributed by atoms with Crippen LogP contribution >= 0.6 is 0 Å². The van der Waals surface area contributed by atoms with Crippen LogP contribution in [0, 0.1) is 0 Å². The van der Waals surface area contributed by atoms with Crippen LogP contribution in [0.5, 0.6) is 0 Å². The summed E-state index contributed by atoms with van der Waals surface area (Å²) in [5.74, 6) is 0. The van der Waals surface area contributed by atoms with E-state index in [-0.39, 0.29) is 13.2 Å². The number of hydrogen-bond acceptors (Lipinski definition) is 5. The van der Waals surface area contributed by atoms with Crippen LogP contribution in [0.1, 0.15) is 77.6 Å². The highest BCUT2D eigenvalue weighted by atomic mass is 16.6. The molecule has 0 amide bonds. The maximum absolute atomic E-state index is 9.80. The van der Waals surface area contributed by atoms with Gasteiger partial charge in [0.25, 0.3) is 0 Å². The molecular formula is C21H40O5. The van der Waals surface area contributed by atoms with Crippen LogP contribution in [-0.2, 0) is 9.47 Å². The summed E-state index contributed by atoms with van der Waals surface area (Å²) >= 11 is 0. The molecule has 26 heavy (non-hydrogen) atoms. The Morgan fingerprint density at radius 3 is 2.15 bits per heavy atom. The molecule has 0 aliphatic carbocycles. The van der Waals surface area contributed by atoms with Crippen molar-refractivity contribution < 1.29 is 24.8 Å². The number of unbranched alkanes of at least 4 members (excludes halogenated alkanes) is 9. The van der Waals surface area contributed by atoms with Crippen molar-refractivity contribution in [1.29, 1.82) is 0 Å². The lowest BCUT2D eigenvalue weighted by Crippen LogP contribution is -2.42. The van der Waals surface area contributed by atoms with Crippen molar-refractivity contribution in [2.24, 2.45) is 0 Å². The molecule has 0 bridgehead atoms. The van der Waals surface area contributed by atoms with Crippen LogP contribution in [-0.4, -0.2) is 59.6 Å². The second-order valence-corrected chi connectivity index (χ2v) is 7.32. The standard InChI is InChI=1S/C21H40O5/c1-2-3-4-5-6-7-8-9-10-11-12-13-14-15-25-19(16-22)21-20(24)18(23)17-26-21/h4-5,18-24H,2-3,6-17H2,1H3/b5-4+/t18-,19+,20+,21+/m1/s1. The summed E-state index contributed by atoms with van der Waals surface area (Å²) in [4.78, 5) is 0. The summed E-state index contributed by atoms with van der Waals surface area (Å²) in [5.41, 5.74) is 0. The minimum absolute atomic E-state index is 0.0979. The number of aliphatic hydroxyl groups excluding tert-OH is 3. The number of rotatable bonds is 16. The molecule has 0 unspecified atom stereocenters. The highest BCUT2D eigenvalue weighted by Crippen LogP contribution is 2.20. The van der Waals surface area contributed by atoms with Crippen molar-refractivity contribution in [3.05, 3.63) is 12.2 Å². The van der Waals surface area contributed by atoms with E-state index in [0.717, 1.165) is 12.8 Å². The largest absolute Gasteiger partial charge is 0.394 e. The molecule has 1 aliphatic heterocycles. The van der Waals surface area contributed by atoms with Gasteiger partial charge >= 0.3 is 0 Å². The number of aliphatic hydroxyl groups is 3. The molecule has 0 aromatic carbocycles. The first-order valence-electron chi connectivity index (χ1n) is 10.6. The Balaban J connectivity index is 1.89. The van der Waals surface area contributed by atoms with Crippen LogP contribution in [0.2, 0.25) is 0 Å². The fraction of sp³-hybridized carbons (Fsp3) is 0.905. The summed E-state index contributed by atoms with van der Waals surface area (Å²) in [5, 5.41) is 28.7. The number of hydrogen-bond donors (Lipinski definition) is 3. The summed E-state index contributed by atoms with van der Waals surface area (Å²) in [7, 11) is 0. The Morgan fingerprint density at radius 2 is 1.58 bits per heavy atom. The molecule has 0 spiro atoms. The van der Waals surface area contributed by atoms with E-state index in [9.17, 15) is 15.3 Å². The van der Waals surface area contributed by atoms with Crippen LogP contribution in [0.15, 0.2) is 12.2 Å². The first-order valence-corrected chi connectivity index (χ1v) is 10.6. The van der Waals surface area contributed by atoms with E-state index in [4.69, 9.17) is 9.47 Å². The van der Waals surface area contributed by atoms with Gasteiger partial charge in [0.2, 0.25) is 0 Å². The van der Waals surface area contributed by atoms with E-state index in [1.807, 2.05) is 0 Å². The third-order valence-corrected chi connectivity index (χ3v) is 4.96. The molecule has 0 aromatic rings. The zero-order valence-corrected chi connectivity index (χ0v) is 16.5. The Labute approximate surface area is 159 Å². The van der Waals surface area contributed by atoms with E-state index >= 15 is 0 Å². The van der Waals surface area contributed by atoms with Gasteiger partial charge in [0.15, 0.2) is 0 Å².